The maximum absolute atomic E-state index is 12.7. The molecule has 0 aliphatic carbocycles. The average Bonchev–Trinajstić information content (AvgIpc) is 3.46. The van der Waals surface area contributed by atoms with Gasteiger partial charge in [0.2, 0.25) is 17.7 Å². The van der Waals surface area contributed by atoms with Gasteiger partial charge in [-0.3, -0.25) is 4.79 Å². The molecule has 5 rings (SSSR count). The Labute approximate surface area is 184 Å². The standard InChI is InChI=1S/C25H20N4O3/c1-31-19-13-11-18(12-14-19)26-23(30)16-29-15-21(20-9-5-6-10-22(20)29)25-28-27-24(32-25)17-7-3-2-4-8-17/h2-15H,16H2,1H3,(H,26,30). The van der Waals surface area contributed by atoms with Gasteiger partial charge in [0, 0.05) is 28.4 Å². The highest BCUT2D eigenvalue weighted by molar-refractivity contribution is 5.96. The van der Waals surface area contributed by atoms with E-state index in [9.17, 15) is 4.79 Å². The summed E-state index contributed by atoms with van der Waals surface area (Å²) < 4.78 is 13.0. The molecule has 32 heavy (non-hydrogen) atoms. The van der Waals surface area contributed by atoms with Crippen molar-refractivity contribution in [2.45, 2.75) is 6.54 Å². The zero-order chi connectivity index (χ0) is 21.9. The molecular formula is C25H20N4O3. The number of ether oxygens (including phenoxy) is 1. The molecule has 0 aliphatic rings. The van der Waals surface area contributed by atoms with E-state index in [1.165, 1.54) is 0 Å². The number of hydrogen-bond acceptors (Lipinski definition) is 5. The first-order valence-corrected chi connectivity index (χ1v) is 10.1. The Morgan fingerprint density at radius 1 is 0.938 bits per heavy atom. The Bertz CT molecular complexity index is 1370. The van der Waals surface area contributed by atoms with E-state index >= 15 is 0 Å². The topological polar surface area (TPSA) is 82.2 Å². The fourth-order valence-electron chi connectivity index (χ4n) is 3.61. The molecule has 2 aromatic heterocycles. The number of nitrogens with one attached hydrogen (secondary N) is 1. The van der Waals surface area contributed by atoms with Gasteiger partial charge in [-0.1, -0.05) is 36.4 Å². The van der Waals surface area contributed by atoms with Crippen molar-refractivity contribution < 1.29 is 13.9 Å². The number of nitrogens with zero attached hydrogens (tertiary/aromatic N) is 3. The van der Waals surface area contributed by atoms with Gasteiger partial charge in [0.15, 0.2) is 0 Å². The van der Waals surface area contributed by atoms with Crippen LogP contribution in [0.3, 0.4) is 0 Å². The van der Waals surface area contributed by atoms with E-state index in [1.807, 2.05) is 65.4 Å². The van der Waals surface area contributed by atoms with Gasteiger partial charge in [-0.15, -0.1) is 10.2 Å². The van der Waals surface area contributed by atoms with Crippen LogP contribution < -0.4 is 10.1 Å². The smallest absolute Gasteiger partial charge is 0.250 e. The third kappa shape index (κ3) is 3.83. The molecule has 0 aliphatic heterocycles. The minimum atomic E-state index is -0.141. The molecule has 0 unspecified atom stereocenters. The Hall–Kier alpha value is -4.39. The van der Waals surface area contributed by atoms with E-state index in [0.717, 1.165) is 27.8 Å². The lowest BCUT2D eigenvalue weighted by molar-refractivity contribution is -0.116. The van der Waals surface area contributed by atoms with E-state index in [4.69, 9.17) is 9.15 Å². The second kappa shape index (κ2) is 8.39. The van der Waals surface area contributed by atoms with Gasteiger partial charge in [-0.25, -0.2) is 0 Å². The fourth-order valence-corrected chi connectivity index (χ4v) is 3.61. The molecule has 7 nitrogen and oxygen atoms in total. The summed E-state index contributed by atoms with van der Waals surface area (Å²) in [6, 6.07) is 24.7. The summed E-state index contributed by atoms with van der Waals surface area (Å²) in [5.74, 6) is 1.46. The number of para-hydroxylation sites is 1. The summed E-state index contributed by atoms with van der Waals surface area (Å²) in [7, 11) is 1.61. The summed E-state index contributed by atoms with van der Waals surface area (Å²) in [5.41, 5.74) is 3.25. The third-order valence-corrected chi connectivity index (χ3v) is 5.15. The number of methoxy groups -OCH3 is 1. The molecule has 0 saturated heterocycles. The predicted molar refractivity (Wildman–Crippen MR) is 122 cm³/mol. The van der Waals surface area contributed by atoms with E-state index in [1.54, 1.807) is 31.4 Å². The van der Waals surface area contributed by atoms with Crippen LogP contribution in [0.25, 0.3) is 33.8 Å². The number of carbonyl (C=O) groups is 1. The number of fused-ring (bicyclic) bond motifs is 1. The van der Waals surface area contributed by atoms with Crippen molar-refractivity contribution in [3.8, 4) is 28.7 Å². The number of anilines is 1. The van der Waals surface area contributed by atoms with Crippen LogP contribution in [0, 0.1) is 0 Å². The lowest BCUT2D eigenvalue weighted by atomic mass is 10.2. The molecule has 0 bridgehead atoms. The van der Waals surface area contributed by atoms with Crippen molar-refractivity contribution in [2.75, 3.05) is 12.4 Å². The van der Waals surface area contributed by atoms with Crippen molar-refractivity contribution in [1.82, 2.24) is 14.8 Å². The van der Waals surface area contributed by atoms with Gasteiger partial charge >= 0.3 is 0 Å². The van der Waals surface area contributed by atoms with E-state index in [0.29, 0.717) is 17.5 Å². The number of hydrogen-bond donors (Lipinski definition) is 1. The molecule has 0 atom stereocenters. The largest absolute Gasteiger partial charge is 0.497 e. The second-order valence-corrected chi connectivity index (χ2v) is 7.24. The number of carbonyl (C=O) groups excluding carboxylic acids is 1. The normalized spacial score (nSPS) is 10.9. The maximum Gasteiger partial charge on any atom is 0.250 e. The molecular weight excluding hydrogens is 404 g/mol. The zero-order valence-corrected chi connectivity index (χ0v) is 17.4. The summed E-state index contributed by atoms with van der Waals surface area (Å²) in [5, 5.41) is 12.3. The van der Waals surface area contributed by atoms with Gasteiger partial charge in [0.1, 0.15) is 12.3 Å². The number of benzene rings is 3. The molecule has 1 N–H and O–H groups in total. The first kappa shape index (κ1) is 19.6. The first-order chi connectivity index (χ1) is 15.7. The Kier molecular flexibility index (Phi) is 5.13. The van der Waals surface area contributed by atoms with Crippen LogP contribution in [0.2, 0.25) is 0 Å². The monoisotopic (exact) mass is 424 g/mol. The Morgan fingerprint density at radius 2 is 1.66 bits per heavy atom. The molecule has 1 amide bonds. The average molecular weight is 424 g/mol. The van der Waals surface area contributed by atoms with Crippen LogP contribution in [0.5, 0.6) is 5.75 Å². The highest BCUT2D eigenvalue weighted by Crippen LogP contribution is 2.31. The van der Waals surface area contributed by atoms with E-state index in [-0.39, 0.29) is 12.5 Å². The van der Waals surface area contributed by atoms with Crippen molar-refractivity contribution in [3.63, 3.8) is 0 Å². The van der Waals surface area contributed by atoms with Crippen molar-refractivity contribution in [3.05, 3.63) is 85.1 Å². The van der Waals surface area contributed by atoms with Crippen LogP contribution >= 0.6 is 0 Å². The molecule has 3 aromatic carbocycles. The number of rotatable bonds is 6. The van der Waals surface area contributed by atoms with Gasteiger partial charge in [0.25, 0.3) is 0 Å². The van der Waals surface area contributed by atoms with Crippen LogP contribution in [-0.2, 0) is 11.3 Å². The molecule has 158 valence electrons. The molecule has 0 fully saturated rings. The molecule has 0 radical (unpaired) electrons. The van der Waals surface area contributed by atoms with Gasteiger partial charge in [0.05, 0.1) is 12.7 Å². The second-order valence-electron chi connectivity index (χ2n) is 7.24. The summed E-state index contributed by atoms with van der Waals surface area (Å²) in [4.78, 5) is 12.7. The Balaban J connectivity index is 1.43. The molecule has 7 heteroatoms. The van der Waals surface area contributed by atoms with Crippen LogP contribution in [0.1, 0.15) is 0 Å². The fraction of sp³-hybridized carbons (Fsp3) is 0.0800. The zero-order valence-electron chi connectivity index (χ0n) is 17.4. The first-order valence-electron chi connectivity index (χ1n) is 10.1. The van der Waals surface area contributed by atoms with Crippen molar-refractivity contribution >= 4 is 22.5 Å². The molecule has 2 heterocycles. The Morgan fingerprint density at radius 3 is 2.44 bits per heavy atom. The van der Waals surface area contributed by atoms with E-state index < -0.39 is 0 Å². The van der Waals surface area contributed by atoms with Gasteiger partial charge in [-0.05, 0) is 42.5 Å². The number of amides is 1. The molecule has 5 aromatic rings. The SMILES string of the molecule is COc1ccc(NC(=O)Cn2cc(-c3nnc(-c4ccccc4)o3)c3ccccc32)cc1. The quantitative estimate of drug-likeness (QED) is 0.415. The maximum atomic E-state index is 12.7. The summed E-state index contributed by atoms with van der Waals surface area (Å²) in [6.07, 6.45) is 1.88. The highest BCUT2D eigenvalue weighted by Gasteiger charge is 2.17. The molecule has 0 spiro atoms. The minimum Gasteiger partial charge on any atom is -0.497 e. The lowest BCUT2D eigenvalue weighted by Gasteiger charge is -2.08. The minimum absolute atomic E-state index is 0.141. The van der Waals surface area contributed by atoms with E-state index in [2.05, 4.69) is 15.5 Å². The van der Waals surface area contributed by atoms with Crippen LogP contribution in [0.4, 0.5) is 5.69 Å². The van der Waals surface area contributed by atoms with Gasteiger partial charge in [-0.2, -0.15) is 0 Å². The summed E-state index contributed by atoms with van der Waals surface area (Å²) in [6.45, 7) is 0.145. The van der Waals surface area contributed by atoms with Gasteiger partial charge < -0.3 is 19.0 Å². The predicted octanol–water partition coefficient (Wildman–Crippen LogP) is 5.01. The highest BCUT2D eigenvalue weighted by atomic mass is 16.5. The summed E-state index contributed by atoms with van der Waals surface area (Å²) >= 11 is 0. The van der Waals surface area contributed by atoms with Crippen molar-refractivity contribution in [2.24, 2.45) is 0 Å². The van der Waals surface area contributed by atoms with Crippen molar-refractivity contribution in [1.29, 1.82) is 0 Å². The van der Waals surface area contributed by atoms with Crippen LogP contribution in [0.15, 0.2) is 89.5 Å². The molecule has 0 saturated carbocycles. The third-order valence-electron chi connectivity index (χ3n) is 5.15. The number of aromatic nitrogens is 3. The van der Waals surface area contributed by atoms with Crippen LogP contribution in [-0.4, -0.2) is 27.8 Å². The lowest BCUT2D eigenvalue weighted by Crippen LogP contribution is -2.18.